The Morgan fingerprint density at radius 1 is 1.12 bits per heavy atom. The second-order valence-electron chi connectivity index (χ2n) is 5.75. The molecule has 1 amide bonds. The lowest BCUT2D eigenvalue weighted by Gasteiger charge is -2.13. The van der Waals surface area contributed by atoms with E-state index in [0.29, 0.717) is 27.7 Å². The molecule has 2 aromatic carbocycles. The summed E-state index contributed by atoms with van der Waals surface area (Å²) in [6, 6.07) is 11.1. The molecule has 0 fully saturated rings. The van der Waals surface area contributed by atoms with E-state index in [1.54, 1.807) is 13.0 Å². The molecule has 0 saturated carbocycles. The Balaban J connectivity index is 1.79. The minimum Gasteiger partial charge on any atom is -0.387 e. The number of pyridine rings is 1. The molecule has 3 aromatic rings. The molecule has 0 aliphatic rings. The maximum atomic E-state index is 13.4. The van der Waals surface area contributed by atoms with Gasteiger partial charge in [0.2, 0.25) is 0 Å². The molecule has 1 heterocycles. The summed E-state index contributed by atoms with van der Waals surface area (Å²) in [5.74, 6) is -1.22. The molecule has 0 aliphatic carbocycles. The fourth-order valence-electron chi connectivity index (χ4n) is 2.61. The highest BCUT2D eigenvalue weighted by Gasteiger charge is 2.15. The summed E-state index contributed by atoms with van der Waals surface area (Å²) in [4.78, 5) is 16.7. The molecule has 25 heavy (non-hydrogen) atoms. The number of aromatic nitrogens is 1. The Labute approximate surface area is 143 Å². The number of fused-ring (bicyclic) bond motifs is 1. The first kappa shape index (κ1) is 17.0. The first-order valence-electron chi connectivity index (χ1n) is 7.72. The van der Waals surface area contributed by atoms with Crippen molar-refractivity contribution in [3.63, 3.8) is 0 Å². The van der Waals surface area contributed by atoms with Gasteiger partial charge >= 0.3 is 0 Å². The maximum Gasteiger partial charge on any atom is 0.252 e. The maximum absolute atomic E-state index is 13.4. The number of carbonyl (C=O) groups is 1. The Morgan fingerprint density at radius 2 is 1.80 bits per heavy atom. The lowest BCUT2D eigenvalue weighted by molar-refractivity contribution is 0.0917. The first-order valence-corrected chi connectivity index (χ1v) is 7.72. The average molecular weight is 342 g/mol. The second-order valence-corrected chi connectivity index (χ2v) is 5.75. The summed E-state index contributed by atoms with van der Waals surface area (Å²) in [5, 5.41) is 13.3. The molecule has 0 spiro atoms. The smallest absolute Gasteiger partial charge is 0.252 e. The van der Waals surface area contributed by atoms with E-state index in [2.05, 4.69) is 10.3 Å². The number of nitrogens with zero attached hydrogens (tertiary/aromatic N) is 1. The molecule has 6 heteroatoms. The number of amides is 1. The van der Waals surface area contributed by atoms with Gasteiger partial charge in [-0.05, 0) is 42.8 Å². The molecule has 4 nitrogen and oxygen atoms in total. The van der Waals surface area contributed by atoms with Gasteiger partial charge in [0, 0.05) is 23.7 Å². The summed E-state index contributed by atoms with van der Waals surface area (Å²) < 4.78 is 26.3. The lowest BCUT2D eigenvalue weighted by atomic mass is 10.1. The van der Waals surface area contributed by atoms with Crippen molar-refractivity contribution in [3.05, 3.63) is 77.0 Å². The molecule has 1 aromatic heterocycles. The van der Waals surface area contributed by atoms with E-state index in [-0.39, 0.29) is 6.54 Å². The SMILES string of the molecule is Cc1cc(C(=O)NCC(O)c2ccc(F)cc2)c2ccc(F)cc2n1. The number of carbonyl (C=O) groups excluding carboxylic acids is 1. The molecule has 2 N–H and O–H groups in total. The first-order chi connectivity index (χ1) is 11.9. The van der Waals surface area contributed by atoms with E-state index in [9.17, 15) is 18.7 Å². The Hall–Kier alpha value is -2.86. The van der Waals surface area contributed by atoms with Crippen molar-refractivity contribution >= 4 is 16.8 Å². The van der Waals surface area contributed by atoms with E-state index in [4.69, 9.17) is 0 Å². The zero-order chi connectivity index (χ0) is 18.0. The second kappa shape index (κ2) is 6.94. The van der Waals surface area contributed by atoms with Gasteiger partial charge in [0.1, 0.15) is 11.6 Å². The van der Waals surface area contributed by atoms with Crippen LogP contribution in [0.2, 0.25) is 0 Å². The Morgan fingerprint density at radius 3 is 2.52 bits per heavy atom. The van der Waals surface area contributed by atoms with E-state index in [0.717, 1.165) is 0 Å². The standard InChI is InChI=1S/C19H16F2N2O2/c1-11-8-16(15-7-6-14(21)9-17(15)23-11)19(25)22-10-18(24)12-2-4-13(20)5-3-12/h2-9,18,24H,10H2,1H3,(H,22,25). The summed E-state index contributed by atoms with van der Waals surface area (Å²) in [6.45, 7) is 1.68. The largest absolute Gasteiger partial charge is 0.387 e. The molecule has 1 atom stereocenters. The number of halogens is 2. The highest BCUT2D eigenvalue weighted by Crippen LogP contribution is 2.20. The van der Waals surface area contributed by atoms with Crippen LogP contribution in [0.4, 0.5) is 8.78 Å². The number of hydrogen-bond acceptors (Lipinski definition) is 3. The van der Waals surface area contributed by atoms with Gasteiger partial charge in [0.15, 0.2) is 0 Å². The number of aliphatic hydroxyl groups excluding tert-OH is 1. The lowest BCUT2D eigenvalue weighted by Crippen LogP contribution is -2.28. The van der Waals surface area contributed by atoms with Gasteiger partial charge < -0.3 is 10.4 Å². The topological polar surface area (TPSA) is 62.2 Å². The van der Waals surface area contributed by atoms with Gasteiger partial charge in [-0.1, -0.05) is 12.1 Å². The van der Waals surface area contributed by atoms with Gasteiger partial charge in [-0.15, -0.1) is 0 Å². The summed E-state index contributed by atoms with van der Waals surface area (Å²) >= 11 is 0. The Kier molecular flexibility index (Phi) is 4.72. The van der Waals surface area contributed by atoms with Crippen LogP contribution in [0.25, 0.3) is 10.9 Å². The fourth-order valence-corrected chi connectivity index (χ4v) is 2.61. The van der Waals surface area contributed by atoms with Crippen molar-refractivity contribution in [1.29, 1.82) is 0 Å². The molecular formula is C19H16F2N2O2. The van der Waals surface area contributed by atoms with Crippen LogP contribution in [0.1, 0.15) is 27.7 Å². The number of aryl methyl sites for hydroxylation is 1. The molecule has 128 valence electrons. The van der Waals surface area contributed by atoms with Crippen molar-refractivity contribution < 1.29 is 18.7 Å². The van der Waals surface area contributed by atoms with Crippen LogP contribution in [0.5, 0.6) is 0 Å². The number of aliphatic hydroxyl groups is 1. The highest BCUT2D eigenvalue weighted by atomic mass is 19.1. The third-order valence-electron chi connectivity index (χ3n) is 3.86. The molecule has 0 aliphatic heterocycles. The van der Waals surface area contributed by atoms with Crippen LogP contribution in [0, 0.1) is 18.6 Å². The number of rotatable bonds is 4. The van der Waals surface area contributed by atoms with Gasteiger partial charge in [0.05, 0.1) is 17.2 Å². The van der Waals surface area contributed by atoms with Crippen LogP contribution >= 0.6 is 0 Å². The summed E-state index contributed by atoms with van der Waals surface area (Å²) in [7, 11) is 0. The van der Waals surface area contributed by atoms with Crippen LogP contribution in [-0.2, 0) is 0 Å². The Bertz CT molecular complexity index is 921. The van der Waals surface area contributed by atoms with Gasteiger partial charge in [-0.2, -0.15) is 0 Å². The average Bonchev–Trinajstić information content (AvgIpc) is 2.58. The van der Waals surface area contributed by atoms with Crippen LogP contribution in [0.3, 0.4) is 0 Å². The summed E-state index contributed by atoms with van der Waals surface area (Å²) in [5.41, 5.74) is 1.83. The number of benzene rings is 2. The van der Waals surface area contributed by atoms with Gasteiger partial charge in [0.25, 0.3) is 5.91 Å². The van der Waals surface area contributed by atoms with Crippen LogP contribution < -0.4 is 5.32 Å². The highest BCUT2D eigenvalue weighted by molar-refractivity contribution is 6.06. The van der Waals surface area contributed by atoms with Crippen LogP contribution in [0.15, 0.2) is 48.5 Å². The van der Waals surface area contributed by atoms with E-state index in [1.807, 2.05) is 0 Å². The molecule has 0 saturated heterocycles. The van der Waals surface area contributed by atoms with E-state index < -0.39 is 23.6 Å². The predicted molar refractivity (Wildman–Crippen MR) is 90.1 cm³/mol. The molecule has 0 radical (unpaired) electrons. The van der Waals surface area contributed by atoms with Crippen molar-refractivity contribution in [2.24, 2.45) is 0 Å². The molecule has 0 bridgehead atoms. The molecular weight excluding hydrogens is 326 g/mol. The zero-order valence-corrected chi connectivity index (χ0v) is 13.5. The van der Waals surface area contributed by atoms with Crippen molar-refractivity contribution in [1.82, 2.24) is 10.3 Å². The third kappa shape index (κ3) is 3.80. The predicted octanol–water partition coefficient (Wildman–Crippen LogP) is 3.28. The van der Waals surface area contributed by atoms with Crippen molar-refractivity contribution in [2.75, 3.05) is 6.54 Å². The van der Waals surface area contributed by atoms with Crippen molar-refractivity contribution in [3.8, 4) is 0 Å². The van der Waals surface area contributed by atoms with E-state index >= 15 is 0 Å². The number of nitrogens with one attached hydrogen (secondary N) is 1. The minimum absolute atomic E-state index is 0.0332. The van der Waals surface area contributed by atoms with Crippen LogP contribution in [-0.4, -0.2) is 22.5 Å². The van der Waals surface area contributed by atoms with Gasteiger partial charge in [-0.3, -0.25) is 9.78 Å². The van der Waals surface area contributed by atoms with Gasteiger partial charge in [-0.25, -0.2) is 8.78 Å². The normalized spacial score (nSPS) is 12.2. The minimum atomic E-state index is -0.962. The zero-order valence-electron chi connectivity index (χ0n) is 13.5. The fraction of sp³-hybridized carbons (Fsp3) is 0.158. The number of hydrogen-bond donors (Lipinski definition) is 2. The quantitative estimate of drug-likeness (QED) is 0.765. The van der Waals surface area contributed by atoms with Crippen molar-refractivity contribution in [2.45, 2.75) is 13.0 Å². The monoisotopic (exact) mass is 342 g/mol. The molecule has 1 unspecified atom stereocenters. The summed E-state index contributed by atoms with van der Waals surface area (Å²) in [6.07, 6.45) is -0.962. The molecule has 3 rings (SSSR count). The van der Waals surface area contributed by atoms with E-state index in [1.165, 1.54) is 42.5 Å². The third-order valence-corrected chi connectivity index (χ3v) is 3.86.